The van der Waals surface area contributed by atoms with Crippen LogP contribution in [0.15, 0.2) is 24.8 Å². The first-order valence-electron chi connectivity index (χ1n) is 4.58. The van der Waals surface area contributed by atoms with Gasteiger partial charge in [0, 0.05) is 6.07 Å². The third-order valence-electron chi connectivity index (χ3n) is 1.49. The molecular formula is C11H7Cl3MgO5. The molecule has 0 heterocycles. The first-order chi connectivity index (χ1) is 8.77. The van der Waals surface area contributed by atoms with Crippen LogP contribution in [-0.4, -0.2) is 41.6 Å². The number of carbonyl (C=O) groups is 2. The Morgan fingerprint density at radius 3 is 2.00 bits per heavy atom. The summed E-state index contributed by atoms with van der Waals surface area (Å²) in [6.07, 6.45) is 0.722. The second-order valence-corrected chi connectivity index (χ2v) is 4.10. The van der Waals surface area contributed by atoms with Crippen molar-refractivity contribution in [3.8, 4) is 5.75 Å². The van der Waals surface area contributed by atoms with Crippen LogP contribution in [0.1, 0.15) is 0 Å². The van der Waals surface area contributed by atoms with Gasteiger partial charge in [-0.25, -0.2) is 0 Å². The Balaban J connectivity index is 0. The average molecular weight is 350 g/mol. The van der Waals surface area contributed by atoms with Gasteiger partial charge in [-0.3, -0.25) is 0 Å². The second-order valence-electron chi connectivity index (χ2n) is 2.88. The summed E-state index contributed by atoms with van der Waals surface area (Å²) in [7, 11) is 0. The molecule has 1 aromatic rings. The predicted molar refractivity (Wildman–Crippen MR) is 72.9 cm³/mol. The van der Waals surface area contributed by atoms with E-state index in [9.17, 15) is 9.90 Å². The Kier molecular flexibility index (Phi) is 11.9. The standard InChI is InChI=1S/C8H5Cl3O3.C3H4O2.Mg/c9-4-1-6(11)7(2-5(4)10)14-3-8(12)13;1-2-3(4)5;/h1-2H,3H2,(H,12,13);2H,1H2,(H,4,5);/q;;+2/p-2. The van der Waals surface area contributed by atoms with Gasteiger partial charge in [0.05, 0.1) is 27.0 Å². The minimum Gasteiger partial charge on any atom is -0.546 e. The molecule has 104 valence electrons. The fourth-order valence-corrected chi connectivity index (χ4v) is 1.34. The van der Waals surface area contributed by atoms with Crippen molar-refractivity contribution < 1.29 is 24.5 Å². The third-order valence-corrected chi connectivity index (χ3v) is 2.50. The Bertz CT molecular complexity index is 493. The first kappa shape index (κ1) is 21.6. The molecule has 0 atom stereocenters. The Morgan fingerprint density at radius 1 is 1.15 bits per heavy atom. The topological polar surface area (TPSA) is 89.5 Å². The number of carbonyl (C=O) groups excluding carboxylic acids is 2. The predicted octanol–water partition coefficient (Wildman–Crippen LogP) is 0.317. The summed E-state index contributed by atoms with van der Waals surface area (Å²) in [6.45, 7) is 2.31. The van der Waals surface area contributed by atoms with Crippen molar-refractivity contribution in [1.82, 2.24) is 0 Å². The van der Waals surface area contributed by atoms with Crippen LogP contribution >= 0.6 is 34.8 Å². The summed E-state index contributed by atoms with van der Waals surface area (Å²) in [5, 5.41) is 19.9. The minimum absolute atomic E-state index is 0. The molecule has 0 saturated heterocycles. The van der Waals surface area contributed by atoms with Crippen LogP contribution in [0, 0.1) is 0 Å². The van der Waals surface area contributed by atoms with Gasteiger partial charge in [-0.05, 0) is 12.1 Å². The molecule has 0 aliphatic carbocycles. The molecule has 0 saturated carbocycles. The zero-order chi connectivity index (χ0) is 15.0. The summed E-state index contributed by atoms with van der Waals surface area (Å²) in [4.78, 5) is 19.2. The van der Waals surface area contributed by atoms with Gasteiger partial charge in [0.1, 0.15) is 12.4 Å². The van der Waals surface area contributed by atoms with Gasteiger partial charge in [0.15, 0.2) is 0 Å². The molecule has 0 bridgehead atoms. The van der Waals surface area contributed by atoms with Crippen molar-refractivity contribution in [3.05, 3.63) is 39.9 Å². The largest absolute Gasteiger partial charge is 2.00 e. The van der Waals surface area contributed by atoms with Crippen LogP contribution in [0.4, 0.5) is 0 Å². The number of ether oxygens (including phenoxy) is 1. The zero-order valence-corrected chi connectivity index (χ0v) is 13.7. The monoisotopic (exact) mass is 348 g/mol. The van der Waals surface area contributed by atoms with E-state index in [1.165, 1.54) is 12.1 Å². The van der Waals surface area contributed by atoms with Crippen molar-refractivity contribution in [3.63, 3.8) is 0 Å². The van der Waals surface area contributed by atoms with Crippen molar-refractivity contribution >= 4 is 69.8 Å². The van der Waals surface area contributed by atoms with Gasteiger partial charge in [-0.2, -0.15) is 0 Å². The second kappa shape index (κ2) is 11.0. The van der Waals surface area contributed by atoms with E-state index in [0.717, 1.165) is 6.08 Å². The van der Waals surface area contributed by atoms with E-state index in [4.69, 9.17) is 49.4 Å². The number of carboxylic acids is 2. The smallest absolute Gasteiger partial charge is 0.546 e. The Labute approximate surface area is 146 Å². The Morgan fingerprint density at radius 2 is 1.60 bits per heavy atom. The SMILES string of the molecule is C=CC(=O)[O-].O=C([O-])COc1cc(Cl)c(Cl)cc1Cl.[Mg+2]. The fraction of sp³-hybridized carbons (Fsp3) is 0.0909. The molecule has 1 aromatic carbocycles. The van der Waals surface area contributed by atoms with Crippen molar-refractivity contribution in [2.75, 3.05) is 6.61 Å². The van der Waals surface area contributed by atoms with Crippen LogP contribution in [0.2, 0.25) is 15.1 Å². The number of hydrogen-bond donors (Lipinski definition) is 0. The number of hydrogen-bond acceptors (Lipinski definition) is 5. The number of halogens is 3. The Hall–Kier alpha value is -0.664. The van der Waals surface area contributed by atoms with Crippen molar-refractivity contribution in [1.29, 1.82) is 0 Å². The molecule has 0 aliphatic heterocycles. The molecule has 0 unspecified atom stereocenters. The summed E-state index contributed by atoms with van der Waals surface area (Å²) in [5.74, 6) is -2.41. The van der Waals surface area contributed by atoms with Crippen molar-refractivity contribution in [2.24, 2.45) is 0 Å². The van der Waals surface area contributed by atoms with Crippen LogP contribution in [-0.2, 0) is 9.59 Å². The van der Waals surface area contributed by atoms with E-state index in [0.29, 0.717) is 0 Å². The molecule has 1 rings (SSSR count). The molecule has 0 N–H and O–H groups in total. The van der Waals surface area contributed by atoms with Gasteiger partial charge in [-0.15, -0.1) is 0 Å². The van der Waals surface area contributed by atoms with E-state index in [2.05, 4.69) is 6.58 Å². The number of aliphatic carboxylic acids is 2. The van der Waals surface area contributed by atoms with E-state index < -0.39 is 18.5 Å². The van der Waals surface area contributed by atoms with Crippen LogP contribution < -0.4 is 14.9 Å². The third kappa shape index (κ3) is 9.27. The summed E-state index contributed by atoms with van der Waals surface area (Å²) < 4.78 is 4.80. The summed E-state index contributed by atoms with van der Waals surface area (Å²) in [6, 6.07) is 2.71. The summed E-state index contributed by atoms with van der Waals surface area (Å²) >= 11 is 17.0. The number of rotatable bonds is 4. The average Bonchev–Trinajstić information content (AvgIpc) is 2.32. The van der Waals surface area contributed by atoms with Crippen LogP contribution in [0.5, 0.6) is 5.75 Å². The quantitative estimate of drug-likeness (QED) is 0.443. The van der Waals surface area contributed by atoms with Gasteiger partial charge >= 0.3 is 23.1 Å². The number of benzene rings is 1. The van der Waals surface area contributed by atoms with E-state index in [-0.39, 0.29) is 43.9 Å². The molecule has 0 aliphatic rings. The van der Waals surface area contributed by atoms with Gasteiger partial charge < -0.3 is 24.5 Å². The molecule has 0 amide bonds. The van der Waals surface area contributed by atoms with Gasteiger partial charge in [0.2, 0.25) is 0 Å². The zero-order valence-electron chi connectivity index (χ0n) is 10.0. The fourth-order valence-electron chi connectivity index (χ4n) is 0.752. The van der Waals surface area contributed by atoms with Gasteiger partial charge in [0.25, 0.3) is 0 Å². The number of carboxylic acid groups (broad SMARTS) is 2. The van der Waals surface area contributed by atoms with Crippen LogP contribution in [0.3, 0.4) is 0 Å². The molecular weight excluding hydrogens is 343 g/mol. The van der Waals surface area contributed by atoms with Gasteiger partial charge in [-0.1, -0.05) is 41.4 Å². The van der Waals surface area contributed by atoms with E-state index in [1.807, 2.05) is 0 Å². The molecule has 0 spiro atoms. The maximum absolute atomic E-state index is 10.1. The normalized spacial score (nSPS) is 8.55. The van der Waals surface area contributed by atoms with E-state index >= 15 is 0 Å². The van der Waals surface area contributed by atoms with Crippen molar-refractivity contribution in [2.45, 2.75) is 0 Å². The molecule has 0 aromatic heterocycles. The molecule has 5 nitrogen and oxygen atoms in total. The van der Waals surface area contributed by atoms with Crippen LogP contribution in [0.25, 0.3) is 0 Å². The molecule has 20 heavy (non-hydrogen) atoms. The molecule has 0 fully saturated rings. The minimum atomic E-state index is -1.34. The summed E-state index contributed by atoms with van der Waals surface area (Å²) in [5.41, 5.74) is 0. The maximum Gasteiger partial charge on any atom is 2.00 e. The molecule has 9 heteroatoms. The maximum atomic E-state index is 10.1. The van der Waals surface area contributed by atoms with E-state index in [1.54, 1.807) is 0 Å². The first-order valence-corrected chi connectivity index (χ1v) is 5.72. The molecule has 0 radical (unpaired) electrons.